The lowest BCUT2D eigenvalue weighted by molar-refractivity contribution is 0.0216. The van der Waals surface area contributed by atoms with Crippen molar-refractivity contribution in [3.8, 4) is 0 Å². The zero-order valence-electron chi connectivity index (χ0n) is 12.1. The van der Waals surface area contributed by atoms with Crippen LogP contribution in [0.3, 0.4) is 0 Å². The van der Waals surface area contributed by atoms with Gasteiger partial charge in [0.15, 0.2) is 0 Å². The topological polar surface area (TPSA) is 70.7 Å². The Morgan fingerprint density at radius 3 is 2.00 bits per heavy atom. The van der Waals surface area contributed by atoms with Gasteiger partial charge in [0.2, 0.25) is 0 Å². The lowest BCUT2D eigenvalue weighted by atomic mass is 10.1. The fraction of sp³-hybridized carbons (Fsp3) is 0.846. The fourth-order valence-electron chi connectivity index (χ4n) is 1.82. The molecule has 0 aromatic carbocycles. The van der Waals surface area contributed by atoms with Crippen molar-refractivity contribution in [3.05, 3.63) is 0 Å². The van der Waals surface area contributed by atoms with Crippen molar-refractivity contribution < 1.29 is 14.3 Å². The highest BCUT2D eigenvalue weighted by Gasteiger charge is 2.22. The van der Waals surface area contributed by atoms with Crippen LogP contribution in [-0.4, -0.2) is 48.8 Å². The second-order valence-corrected chi connectivity index (χ2v) is 5.71. The average molecular weight is 271 g/mol. The van der Waals surface area contributed by atoms with Crippen molar-refractivity contribution in [2.45, 2.75) is 45.6 Å². The van der Waals surface area contributed by atoms with Crippen molar-refractivity contribution in [2.75, 3.05) is 26.2 Å². The fourth-order valence-corrected chi connectivity index (χ4v) is 1.82. The number of hydrogen-bond acceptors (Lipinski definition) is 3. The van der Waals surface area contributed by atoms with E-state index in [1.165, 1.54) is 6.42 Å². The summed E-state index contributed by atoms with van der Waals surface area (Å²) in [5.74, 6) is 0. The van der Waals surface area contributed by atoms with Crippen LogP contribution in [0.15, 0.2) is 0 Å². The highest BCUT2D eigenvalue weighted by molar-refractivity contribution is 5.75. The monoisotopic (exact) mass is 271 g/mol. The quantitative estimate of drug-likeness (QED) is 0.704. The molecule has 6 nitrogen and oxygen atoms in total. The number of urea groups is 1. The summed E-state index contributed by atoms with van der Waals surface area (Å²) in [5.41, 5.74) is -0.367. The van der Waals surface area contributed by atoms with E-state index < -0.39 is 0 Å². The van der Waals surface area contributed by atoms with E-state index >= 15 is 0 Å². The Morgan fingerprint density at radius 2 is 1.63 bits per heavy atom. The molecular formula is C13H25N3O3. The third-order valence-corrected chi connectivity index (χ3v) is 2.70. The van der Waals surface area contributed by atoms with Gasteiger partial charge in [-0.25, -0.2) is 9.59 Å². The van der Waals surface area contributed by atoms with Gasteiger partial charge in [-0.3, -0.25) is 0 Å². The van der Waals surface area contributed by atoms with Gasteiger partial charge in [-0.15, -0.1) is 0 Å². The first kappa shape index (κ1) is 15.6. The van der Waals surface area contributed by atoms with Crippen molar-refractivity contribution in [2.24, 2.45) is 0 Å². The molecule has 0 saturated carbocycles. The highest BCUT2D eigenvalue weighted by Crippen LogP contribution is 2.14. The first-order chi connectivity index (χ1) is 8.88. The molecule has 0 aromatic rings. The summed E-state index contributed by atoms with van der Waals surface area (Å²) in [4.78, 5) is 23.3. The summed E-state index contributed by atoms with van der Waals surface area (Å²) >= 11 is 0. The number of carbonyl (C=O) groups excluding carboxylic acids is 2. The minimum atomic E-state index is -0.367. The van der Waals surface area contributed by atoms with E-state index in [0.29, 0.717) is 0 Å². The largest absolute Gasteiger partial charge is 0.444 e. The molecule has 0 radical (unpaired) electrons. The van der Waals surface area contributed by atoms with E-state index in [1.807, 2.05) is 20.8 Å². The summed E-state index contributed by atoms with van der Waals surface area (Å²) in [7, 11) is 0. The summed E-state index contributed by atoms with van der Waals surface area (Å²) in [5, 5.41) is 5.14. The second kappa shape index (κ2) is 7.21. The molecule has 0 bridgehead atoms. The maximum Gasteiger partial charge on any atom is 0.410 e. The summed E-state index contributed by atoms with van der Waals surface area (Å²) < 4.78 is 5.26. The zero-order chi connectivity index (χ0) is 14.3. The van der Waals surface area contributed by atoms with E-state index in [4.69, 9.17) is 4.74 Å². The number of hydrogen-bond donors (Lipinski definition) is 2. The Labute approximate surface area is 114 Å². The molecule has 2 aliphatic rings. The van der Waals surface area contributed by atoms with Gasteiger partial charge in [-0.2, -0.15) is 0 Å². The Morgan fingerprint density at radius 1 is 1.11 bits per heavy atom. The summed E-state index contributed by atoms with van der Waals surface area (Å²) in [6.07, 6.45) is 3.30. The minimum absolute atomic E-state index is 0.0463. The van der Waals surface area contributed by atoms with Crippen molar-refractivity contribution in [1.82, 2.24) is 15.5 Å². The lowest BCUT2D eigenvalue weighted by Gasteiger charge is -2.29. The molecule has 2 rings (SSSR count). The number of likely N-dealkylation sites (tertiary alicyclic amines) is 1. The third-order valence-electron chi connectivity index (χ3n) is 2.70. The van der Waals surface area contributed by atoms with E-state index in [2.05, 4.69) is 10.6 Å². The Bertz CT molecular complexity index is 299. The molecule has 0 aliphatic carbocycles. The van der Waals surface area contributed by atoms with Crippen LogP contribution in [0.2, 0.25) is 0 Å². The van der Waals surface area contributed by atoms with Gasteiger partial charge in [0.1, 0.15) is 5.60 Å². The first-order valence-corrected chi connectivity index (χ1v) is 6.88. The van der Waals surface area contributed by atoms with Crippen LogP contribution in [0.1, 0.15) is 40.0 Å². The van der Waals surface area contributed by atoms with Crippen LogP contribution in [0.25, 0.3) is 0 Å². The number of nitrogens with one attached hydrogen (secondary N) is 2. The van der Waals surface area contributed by atoms with Gasteiger partial charge >= 0.3 is 12.1 Å². The second-order valence-electron chi connectivity index (χ2n) is 5.71. The number of amides is 3. The van der Waals surface area contributed by atoms with Crippen molar-refractivity contribution >= 4 is 12.1 Å². The Hall–Kier alpha value is -1.46. The Balaban J connectivity index is 0.000000250. The van der Waals surface area contributed by atoms with Gasteiger partial charge in [0.25, 0.3) is 0 Å². The molecule has 19 heavy (non-hydrogen) atoms. The number of piperidine rings is 1. The van der Waals surface area contributed by atoms with E-state index in [9.17, 15) is 9.59 Å². The SMILES string of the molecule is CC(C)(C)OC(=O)N1CCCCC1.O=C1NCCN1. The minimum Gasteiger partial charge on any atom is -0.444 e. The predicted octanol–water partition coefficient (Wildman–Crippen LogP) is 1.71. The number of carbonyl (C=O) groups is 2. The van der Waals surface area contributed by atoms with Crippen LogP contribution in [0, 0.1) is 0 Å². The maximum absolute atomic E-state index is 11.5. The molecule has 3 amide bonds. The normalized spacial score (nSPS) is 18.9. The molecule has 2 saturated heterocycles. The first-order valence-electron chi connectivity index (χ1n) is 6.88. The molecule has 2 N–H and O–H groups in total. The third kappa shape index (κ3) is 6.88. The van der Waals surface area contributed by atoms with Gasteiger partial charge in [-0.1, -0.05) is 0 Å². The number of ether oxygens (including phenoxy) is 1. The molecule has 2 aliphatic heterocycles. The van der Waals surface area contributed by atoms with E-state index in [0.717, 1.165) is 39.0 Å². The van der Waals surface area contributed by atoms with Gasteiger partial charge in [-0.05, 0) is 40.0 Å². The molecule has 0 atom stereocenters. The molecule has 2 heterocycles. The highest BCUT2D eigenvalue weighted by atomic mass is 16.6. The van der Waals surface area contributed by atoms with E-state index in [1.54, 1.807) is 4.90 Å². The summed E-state index contributed by atoms with van der Waals surface area (Å²) in [6.45, 7) is 8.96. The molecule has 0 spiro atoms. The van der Waals surface area contributed by atoms with Gasteiger partial charge < -0.3 is 20.3 Å². The molecular weight excluding hydrogens is 246 g/mol. The molecule has 0 aromatic heterocycles. The van der Waals surface area contributed by atoms with Crippen LogP contribution < -0.4 is 10.6 Å². The Kier molecular flexibility index (Phi) is 5.92. The standard InChI is InChI=1S/C10H19NO2.C3H6N2O/c1-10(2,3)13-9(12)11-7-5-4-6-8-11;6-3-4-1-2-5-3/h4-8H2,1-3H3;1-2H2,(H2,4,5,6). The molecule has 2 fully saturated rings. The van der Waals surface area contributed by atoms with E-state index in [-0.39, 0.29) is 17.7 Å². The lowest BCUT2D eigenvalue weighted by Crippen LogP contribution is -2.39. The molecule has 0 unspecified atom stereocenters. The maximum atomic E-state index is 11.5. The van der Waals surface area contributed by atoms with Crippen molar-refractivity contribution in [3.63, 3.8) is 0 Å². The van der Waals surface area contributed by atoms with Crippen LogP contribution in [-0.2, 0) is 4.74 Å². The van der Waals surface area contributed by atoms with Crippen molar-refractivity contribution in [1.29, 1.82) is 0 Å². The molecule has 110 valence electrons. The summed E-state index contributed by atoms with van der Waals surface area (Å²) in [6, 6.07) is -0.0463. The van der Waals surface area contributed by atoms with Gasteiger partial charge in [0.05, 0.1) is 0 Å². The molecule has 6 heteroatoms. The van der Waals surface area contributed by atoms with Crippen LogP contribution >= 0.6 is 0 Å². The number of rotatable bonds is 0. The van der Waals surface area contributed by atoms with Gasteiger partial charge in [0, 0.05) is 26.2 Å². The predicted molar refractivity (Wildman–Crippen MR) is 73.1 cm³/mol. The smallest absolute Gasteiger partial charge is 0.410 e. The average Bonchev–Trinajstić information content (AvgIpc) is 2.80. The van der Waals surface area contributed by atoms with Crippen LogP contribution in [0.5, 0.6) is 0 Å². The number of nitrogens with zero attached hydrogens (tertiary/aromatic N) is 1. The van der Waals surface area contributed by atoms with Crippen LogP contribution in [0.4, 0.5) is 9.59 Å². The zero-order valence-corrected chi connectivity index (χ0v) is 12.1.